The molecule has 1 heterocycles. The third-order valence-corrected chi connectivity index (χ3v) is 4.55. The molecule has 1 saturated heterocycles. The van der Waals surface area contributed by atoms with Crippen molar-refractivity contribution in [1.29, 1.82) is 0 Å². The van der Waals surface area contributed by atoms with Crippen LogP contribution in [0.3, 0.4) is 0 Å². The van der Waals surface area contributed by atoms with Crippen molar-refractivity contribution in [1.82, 2.24) is 10.2 Å². The zero-order valence-corrected chi connectivity index (χ0v) is 14.9. The second-order valence-corrected chi connectivity index (χ2v) is 6.46. The van der Waals surface area contributed by atoms with Crippen LogP contribution < -0.4 is 5.32 Å². The molecule has 0 saturated carbocycles. The van der Waals surface area contributed by atoms with Crippen LogP contribution >= 0.6 is 0 Å². The highest BCUT2D eigenvalue weighted by Crippen LogP contribution is 2.17. The predicted octanol–water partition coefficient (Wildman–Crippen LogP) is 3.32. The predicted molar refractivity (Wildman–Crippen MR) is 99.6 cm³/mol. The number of imide groups is 1. The average molecular weight is 352 g/mol. The monoisotopic (exact) mass is 352 g/mol. The Labute approximate surface area is 154 Å². The summed E-state index contributed by atoms with van der Waals surface area (Å²) in [7, 11) is 0. The molecule has 2 atom stereocenters. The van der Waals surface area contributed by atoms with Gasteiger partial charge in [-0.1, -0.05) is 60.7 Å². The number of amides is 3. The lowest BCUT2D eigenvalue weighted by Crippen LogP contribution is -2.33. The molecule has 3 amide bonds. The molecule has 1 aliphatic rings. The van der Waals surface area contributed by atoms with Crippen molar-refractivity contribution in [2.45, 2.75) is 31.9 Å². The molecule has 1 fully saturated rings. The third kappa shape index (κ3) is 4.49. The first-order valence-electron chi connectivity index (χ1n) is 8.97. The molecule has 3 rings (SSSR count). The molecule has 136 valence electrons. The number of carbonyl (C=O) groups excluding carboxylic acids is 2. The Morgan fingerprint density at radius 3 is 2.38 bits per heavy atom. The van der Waals surface area contributed by atoms with Crippen molar-refractivity contribution in [3.63, 3.8) is 0 Å². The smallest absolute Gasteiger partial charge is 0.324 e. The lowest BCUT2D eigenvalue weighted by molar-refractivity contribution is -0.127. The number of nitrogens with zero attached hydrogens (tertiary/aromatic N) is 1. The first-order valence-corrected chi connectivity index (χ1v) is 8.97. The quantitative estimate of drug-likeness (QED) is 0.586. The minimum Gasteiger partial charge on any atom is -0.374 e. The van der Waals surface area contributed by atoms with E-state index in [2.05, 4.69) is 5.32 Å². The number of carbonyl (C=O) groups is 2. The number of benzene rings is 2. The molecule has 0 bridgehead atoms. The number of hydrogen-bond acceptors (Lipinski definition) is 3. The Bertz CT molecular complexity index is 733. The summed E-state index contributed by atoms with van der Waals surface area (Å²) in [6, 6.07) is 18.9. The van der Waals surface area contributed by atoms with Gasteiger partial charge in [0.05, 0.1) is 6.10 Å². The molecule has 0 aromatic heterocycles. The fourth-order valence-corrected chi connectivity index (χ4v) is 3.08. The Balaban J connectivity index is 1.45. The van der Waals surface area contributed by atoms with Gasteiger partial charge in [0, 0.05) is 19.6 Å². The van der Waals surface area contributed by atoms with Crippen LogP contribution in [0.25, 0.3) is 0 Å². The Morgan fingerprint density at radius 2 is 1.69 bits per heavy atom. The Hall–Kier alpha value is -2.66. The van der Waals surface area contributed by atoms with Crippen molar-refractivity contribution in [2.24, 2.45) is 0 Å². The maximum atomic E-state index is 12.5. The van der Waals surface area contributed by atoms with E-state index in [0.717, 1.165) is 11.1 Å². The first kappa shape index (κ1) is 18.1. The topological polar surface area (TPSA) is 58.6 Å². The molecule has 0 radical (unpaired) electrons. The Morgan fingerprint density at radius 1 is 1.04 bits per heavy atom. The molecule has 5 nitrogen and oxygen atoms in total. The van der Waals surface area contributed by atoms with E-state index in [0.29, 0.717) is 26.0 Å². The number of rotatable bonds is 8. The number of ether oxygens (including phenoxy) is 1. The molecule has 0 spiro atoms. The van der Waals surface area contributed by atoms with Gasteiger partial charge in [-0.2, -0.15) is 0 Å². The molecular formula is C21H24N2O3. The van der Waals surface area contributed by atoms with E-state index in [1.54, 1.807) is 0 Å². The van der Waals surface area contributed by atoms with Gasteiger partial charge in [0.1, 0.15) is 6.04 Å². The lowest BCUT2D eigenvalue weighted by atomic mass is 10.1. The standard InChI is InChI=1S/C21H24N2O3/c1-16(18-11-6-3-7-12-18)26-14-8-13-23-20(24)19(22-21(23)25)15-17-9-4-2-5-10-17/h2-7,9-12,16,19H,8,13-15H2,1H3,(H,22,25)/t16-,19-/m1/s1. The number of urea groups is 1. The van der Waals surface area contributed by atoms with Crippen LogP contribution in [0.2, 0.25) is 0 Å². The van der Waals surface area contributed by atoms with Crippen LogP contribution in [0.1, 0.15) is 30.6 Å². The van der Waals surface area contributed by atoms with E-state index in [9.17, 15) is 9.59 Å². The van der Waals surface area contributed by atoms with Crippen LogP contribution in [-0.2, 0) is 16.0 Å². The summed E-state index contributed by atoms with van der Waals surface area (Å²) in [5, 5.41) is 2.77. The molecular weight excluding hydrogens is 328 g/mol. The van der Waals surface area contributed by atoms with Crippen molar-refractivity contribution >= 4 is 11.9 Å². The lowest BCUT2D eigenvalue weighted by Gasteiger charge is -2.16. The average Bonchev–Trinajstić information content (AvgIpc) is 2.93. The second kappa shape index (κ2) is 8.63. The highest BCUT2D eigenvalue weighted by Gasteiger charge is 2.37. The summed E-state index contributed by atoms with van der Waals surface area (Å²) in [6.07, 6.45) is 1.13. The summed E-state index contributed by atoms with van der Waals surface area (Å²) < 4.78 is 5.81. The van der Waals surface area contributed by atoms with Crippen molar-refractivity contribution in [3.05, 3.63) is 71.8 Å². The van der Waals surface area contributed by atoms with Gasteiger partial charge < -0.3 is 10.1 Å². The number of nitrogens with one attached hydrogen (secondary N) is 1. The van der Waals surface area contributed by atoms with Gasteiger partial charge in [0.15, 0.2) is 0 Å². The largest absolute Gasteiger partial charge is 0.374 e. The molecule has 1 N–H and O–H groups in total. The fourth-order valence-electron chi connectivity index (χ4n) is 3.08. The van der Waals surface area contributed by atoms with Gasteiger partial charge in [-0.15, -0.1) is 0 Å². The van der Waals surface area contributed by atoms with Crippen LogP contribution in [-0.4, -0.2) is 36.0 Å². The van der Waals surface area contributed by atoms with E-state index < -0.39 is 6.04 Å². The van der Waals surface area contributed by atoms with Gasteiger partial charge >= 0.3 is 6.03 Å². The van der Waals surface area contributed by atoms with Crippen molar-refractivity contribution in [2.75, 3.05) is 13.2 Å². The van der Waals surface area contributed by atoms with Crippen LogP contribution in [0.4, 0.5) is 4.79 Å². The van der Waals surface area contributed by atoms with Gasteiger partial charge in [-0.05, 0) is 24.5 Å². The van der Waals surface area contributed by atoms with Gasteiger partial charge in [0.2, 0.25) is 0 Å². The zero-order valence-electron chi connectivity index (χ0n) is 14.9. The summed E-state index contributed by atoms with van der Waals surface area (Å²) in [4.78, 5) is 25.9. The highest BCUT2D eigenvalue weighted by molar-refractivity contribution is 6.04. The van der Waals surface area contributed by atoms with Crippen LogP contribution in [0.15, 0.2) is 60.7 Å². The normalized spacial score (nSPS) is 18.0. The molecule has 1 aliphatic heterocycles. The van der Waals surface area contributed by atoms with Gasteiger partial charge in [-0.3, -0.25) is 9.69 Å². The van der Waals surface area contributed by atoms with E-state index in [1.807, 2.05) is 67.6 Å². The van der Waals surface area contributed by atoms with Crippen molar-refractivity contribution in [3.8, 4) is 0 Å². The Kier molecular flexibility index (Phi) is 6.02. The van der Waals surface area contributed by atoms with Crippen LogP contribution in [0, 0.1) is 0 Å². The summed E-state index contributed by atoms with van der Waals surface area (Å²) in [5.41, 5.74) is 2.15. The zero-order chi connectivity index (χ0) is 18.4. The fraction of sp³-hybridized carbons (Fsp3) is 0.333. The third-order valence-electron chi connectivity index (χ3n) is 4.55. The van der Waals surface area contributed by atoms with E-state index in [-0.39, 0.29) is 18.0 Å². The van der Waals surface area contributed by atoms with Crippen molar-refractivity contribution < 1.29 is 14.3 Å². The first-order chi connectivity index (χ1) is 12.6. The summed E-state index contributed by atoms with van der Waals surface area (Å²) in [6.45, 7) is 2.87. The molecule has 26 heavy (non-hydrogen) atoms. The molecule has 2 aromatic carbocycles. The summed E-state index contributed by atoms with van der Waals surface area (Å²) >= 11 is 0. The minimum absolute atomic E-state index is 0.00913. The van der Waals surface area contributed by atoms with Crippen LogP contribution in [0.5, 0.6) is 0 Å². The maximum absolute atomic E-state index is 12.5. The maximum Gasteiger partial charge on any atom is 0.324 e. The minimum atomic E-state index is -0.478. The molecule has 5 heteroatoms. The SMILES string of the molecule is C[C@@H](OCCCN1C(=O)N[C@H](Cc2ccccc2)C1=O)c1ccccc1. The molecule has 2 aromatic rings. The molecule has 0 aliphatic carbocycles. The van der Waals surface area contributed by atoms with E-state index in [1.165, 1.54) is 4.90 Å². The van der Waals surface area contributed by atoms with Gasteiger partial charge in [0.25, 0.3) is 5.91 Å². The summed E-state index contributed by atoms with van der Waals surface area (Å²) in [5.74, 6) is -0.157. The molecule has 0 unspecified atom stereocenters. The van der Waals surface area contributed by atoms with Gasteiger partial charge in [-0.25, -0.2) is 4.79 Å². The van der Waals surface area contributed by atoms with E-state index >= 15 is 0 Å². The number of hydrogen-bond donors (Lipinski definition) is 1. The highest BCUT2D eigenvalue weighted by atomic mass is 16.5. The van der Waals surface area contributed by atoms with E-state index in [4.69, 9.17) is 4.74 Å². The second-order valence-electron chi connectivity index (χ2n) is 6.46.